The van der Waals surface area contributed by atoms with Crippen molar-refractivity contribution in [1.82, 2.24) is 5.32 Å². The normalized spacial score (nSPS) is 15.9. The Kier molecular flexibility index (Phi) is 4.60. The highest BCUT2D eigenvalue weighted by molar-refractivity contribution is 6.01. The van der Waals surface area contributed by atoms with E-state index >= 15 is 0 Å². The van der Waals surface area contributed by atoms with Crippen molar-refractivity contribution in [1.29, 1.82) is 0 Å². The molecule has 0 heterocycles. The van der Waals surface area contributed by atoms with Crippen LogP contribution in [0.4, 0.5) is 5.69 Å². The van der Waals surface area contributed by atoms with E-state index < -0.39 is 11.5 Å². The number of nitrogens with one attached hydrogen (secondary N) is 2. The first-order valence-electron chi connectivity index (χ1n) is 7.03. The molecule has 3 N–H and O–H groups in total. The Hall–Kier alpha value is -2.63. The molecule has 1 fully saturated rings. The summed E-state index contributed by atoms with van der Waals surface area (Å²) in [6.07, 6.45) is 4.62. The number of aliphatic carboxylic acids is 1. The second-order valence-corrected chi connectivity index (χ2v) is 5.37. The molecule has 0 saturated heterocycles. The molecule has 1 aliphatic rings. The summed E-state index contributed by atoms with van der Waals surface area (Å²) in [5, 5.41) is 14.1. The summed E-state index contributed by atoms with van der Waals surface area (Å²) < 4.78 is 0. The van der Waals surface area contributed by atoms with E-state index in [4.69, 9.17) is 5.11 Å². The lowest BCUT2D eigenvalue weighted by molar-refractivity contribution is -0.132. The van der Waals surface area contributed by atoms with Gasteiger partial charge in [-0.25, -0.2) is 4.79 Å². The number of carboxylic acid groups (broad SMARTS) is 1. The van der Waals surface area contributed by atoms with Crippen molar-refractivity contribution >= 4 is 29.5 Å². The second kappa shape index (κ2) is 6.43. The van der Waals surface area contributed by atoms with Crippen molar-refractivity contribution in [2.45, 2.75) is 31.7 Å². The molecule has 0 unspecified atom stereocenters. The van der Waals surface area contributed by atoms with Crippen LogP contribution in [0.1, 0.15) is 31.7 Å². The number of hydrogen-bond acceptors (Lipinski definition) is 3. The molecule has 0 bridgehead atoms. The monoisotopic (exact) mass is 302 g/mol. The summed E-state index contributed by atoms with van der Waals surface area (Å²) in [5.74, 6) is -1.50. The summed E-state index contributed by atoms with van der Waals surface area (Å²) in [5.41, 5.74) is 0.412. The number of amides is 2. The van der Waals surface area contributed by atoms with E-state index in [9.17, 15) is 14.4 Å². The van der Waals surface area contributed by atoms with Crippen molar-refractivity contribution in [3.05, 3.63) is 35.9 Å². The predicted molar refractivity (Wildman–Crippen MR) is 82.1 cm³/mol. The third-order valence-electron chi connectivity index (χ3n) is 3.62. The molecule has 116 valence electrons. The Labute approximate surface area is 128 Å². The van der Waals surface area contributed by atoms with Gasteiger partial charge in [-0.2, -0.15) is 0 Å². The van der Waals surface area contributed by atoms with Crippen LogP contribution in [-0.2, 0) is 14.4 Å². The van der Waals surface area contributed by atoms with Crippen molar-refractivity contribution in [3.63, 3.8) is 0 Å². The van der Waals surface area contributed by atoms with Crippen LogP contribution in [0.25, 0.3) is 6.08 Å². The smallest absolute Gasteiger partial charge is 0.328 e. The summed E-state index contributed by atoms with van der Waals surface area (Å²) in [6.45, 7) is 1.39. The Balaban J connectivity index is 2.10. The maximum absolute atomic E-state index is 12.4. The molecule has 22 heavy (non-hydrogen) atoms. The van der Waals surface area contributed by atoms with Gasteiger partial charge in [-0.05, 0) is 43.0 Å². The molecule has 6 nitrogen and oxygen atoms in total. The summed E-state index contributed by atoms with van der Waals surface area (Å²) in [4.78, 5) is 34.2. The van der Waals surface area contributed by atoms with E-state index in [1.807, 2.05) is 0 Å². The second-order valence-electron chi connectivity index (χ2n) is 5.37. The number of rotatable bonds is 5. The van der Waals surface area contributed by atoms with Gasteiger partial charge in [0.25, 0.3) is 0 Å². The minimum Gasteiger partial charge on any atom is -0.478 e. The lowest BCUT2D eigenvalue weighted by Crippen LogP contribution is -2.60. The number of benzene rings is 1. The van der Waals surface area contributed by atoms with E-state index in [-0.39, 0.29) is 11.8 Å². The van der Waals surface area contributed by atoms with Gasteiger partial charge in [0.1, 0.15) is 5.54 Å². The van der Waals surface area contributed by atoms with Crippen LogP contribution in [0.3, 0.4) is 0 Å². The fourth-order valence-electron chi connectivity index (χ4n) is 2.41. The molecule has 2 amide bonds. The van der Waals surface area contributed by atoms with Crippen molar-refractivity contribution in [2.24, 2.45) is 0 Å². The standard InChI is InChI=1S/C16H18N2O4/c1-11(19)18-16(8-3-9-16)15(22)17-13-5-2-4-12(10-13)6-7-14(20)21/h2,4-7,10H,3,8-9H2,1H3,(H,17,22)(H,18,19)(H,20,21)/b7-6+. The zero-order valence-electron chi connectivity index (χ0n) is 12.3. The number of anilines is 1. The van der Waals surface area contributed by atoms with E-state index in [1.54, 1.807) is 24.3 Å². The third-order valence-corrected chi connectivity index (χ3v) is 3.62. The van der Waals surface area contributed by atoms with Gasteiger partial charge in [0.15, 0.2) is 0 Å². The van der Waals surface area contributed by atoms with E-state index in [2.05, 4.69) is 10.6 Å². The summed E-state index contributed by atoms with van der Waals surface area (Å²) >= 11 is 0. The van der Waals surface area contributed by atoms with Crippen molar-refractivity contribution in [2.75, 3.05) is 5.32 Å². The predicted octanol–water partition coefficient (Wildman–Crippen LogP) is 1.78. The number of carboxylic acids is 1. The Morgan fingerprint density at radius 1 is 1.27 bits per heavy atom. The van der Waals surface area contributed by atoms with E-state index in [1.165, 1.54) is 13.0 Å². The van der Waals surface area contributed by atoms with Crippen LogP contribution < -0.4 is 10.6 Å². The molecule has 1 saturated carbocycles. The molecule has 2 rings (SSSR count). The molecular formula is C16H18N2O4. The van der Waals surface area contributed by atoms with Crippen LogP contribution in [0.2, 0.25) is 0 Å². The highest BCUT2D eigenvalue weighted by atomic mass is 16.4. The molecular weight excluding hydrogens is 284 g/mol. The van der Waals surface area contributed by atoms with Gasteiger partial charge < -0.3 is 15.7 Å². The van der Waals surface area contributed by atoms with Gasteiger partial charge in [-0.1, -0.05) is 12.1 Å². The van der Waals surface area contributed by atoms with Gasteiger partial charge in [-0.15, -0.1) is 0 Å². The van der Waals surface area contributed by atoms with Crippen LogP contribution in [0.15, 0.2) is 30.3 Å². The van der Waals surface area contributed by atoms with Crippen LogP contribution in [0.5, 0.6) is 0 Å². The quantitative estimate of drug-likeness (QED) is 0.722. The maximum atomic E-state index is 12.4. The first kappa shape index (κ1) is 15.8. The minimum atomic E-state index is -1.03. The lowest BCUT2D eigenvalue weighted by Gasteiger charge is -2.40. The molecule has 0 radical (unpaired) electrons. The molecule has 6 heteroatoms. The molecule has 0 aliphatic heterocycles. The summed E-state index contributed by atoms with van der Waals surface area (Å²) in [7, 11) is 0. The van der Waals surface area contributed by atoms with E-state index in [0.29, 0.717) is 24.1 Å². The van der Waals surface area contributed by atoms with Crippen LogP contribution >= 0.6 is 0 Å². The molecule has 1 aromatic carbocycles. The minimum absolute atomic E-state index is 0.229. The largest absolute Gasteiger partial charge is 0.478 e. The number of carbonyl (C=O) groups is 3. The fraction of sp³-hybridized carbons (Fsp3) is 0.312. The van der Waals surface area contributed by atoms with Gasteiger partial charge in [0.05, 0.1) is 0 Å². The Morgan fingerprint density at radius 3 is 2.55 bits per heavy atom. The van der Waals surface area contributed by atoms with Gasteiger partial charge in [0.2, 0.25) is 11.8 Å². The zero-order valence-corrected chi connectivity index (χ0v) is 12.3. The fourth-order valence-corrected chi connectivity index (χ4v) is 2.41. The Bertz CT molecular complexity index is 633. The number of hydrogen-bond donors (Lipinski definition) is 3. The number of carbonyl (C=O) groups excluding carboxylic acids is 2. The van der Waals surface area contributed by atoms with Gasteiger partial charge in [0, 0.05) is 18.7 Å². The van der Waals surface area contributed by atoms with E-state index in [0.717, 1.165) is 12.5 Å². The molecule has 1 aliphatic carbocycles. The molecule has 0 spiro atoms. The maximum Gasteiger partial charge on any atom is 0.328 e. The first-order chi connectivity index (χ1) is 10.4. The molecule has 0 aromatic heterocycles. The average molecular weight is 302 g/mol. The average Bonchev–Trinajstić information content (AvgIpc) is 2.40. The van der Waals surface area contributed by atoms with Crippen LogP contribution in [-0.4, -0.2) is 28.4 Å². The third kappa shape index (κ3) is 3.72. The summed E-state index contributed by atoms with van der Waals surface area (Å²) in [6, 6.07) is 6.86. The molecule has 0 atom stereocenters. The SMILES string of the molecule is CC(=O)NC1(C(=O)Nc2cccc(/C=C/C(=O)O)c2)CCC1. The van der Waals surface area contributed by atoms with Crippen molar-refractivity contribution in [3.8, 4) is 0 Å². The highest BCUT2D eigenvalue weighted by Gasteiger charge is 2.44. The topological polar surface area (TPSA) is 95.5 Å². The lowest BCUT2D eigenvalue weighted by atomic mass is 9.76. The van der Waals surface area contributed by atoms with Gasteiger partial charge >= 0.3 is 5.97 Å². The van der Waals surface area contributed by atoms with Gasteiger partial charge in [-0.3, -0.25) is 9.59 Å². The van der Waals surface area contributed by atoms with Crippen molar-refractivity contribution < 1.29 is 19.5 Å². The zero-order chi connectivity index (χ0) is 16.2. The first-order valence-corrected chi connectivity index (χ1v) is 7.03. The Morgan fingerprint density at radius 2 is 2.00 bits per heavy atom. The highest BCUT2D eigenvalue weighted by Crippen LogP contribution is 2.33. The molecule has 1 aromatic rings. The van der Waals surface area contributed by atoms with Crippen LogP contribution in [0, 0.1) is 0 Å².